The molecule has 0 atom stereocenters. The molecule has 1 saturated carbocycles. The van der Waals surface area contributed by atoms with Crippen molar-refractivity contribution in [2.24, 2.45) is 0 Å². The largest absolute Gasteiger partial charge is 0.474 e. The second kappa shape index (κ2) is 8.04. The second-order valence-corrected chi connectivity index (χ2v) is 7.09. The molecule has 0 amide bonds. The van der Waals surface area contributed by atoms with E-state index in [1.807, 2.05) is 29.7 Å². The number of halogens is 2. The molecule has 0 aliphatic heterocycles. The van der Waals surface area contributed by atoms with Crippen molar-refractivity contribution in [2.45, 2.75) is 51.1 Å². The van der Waals surface area contributed by atoms with E-state index in [9.17, 15) is 8.78 Å². The van der Waals surface area contributed by atoms with Gasteiger partial charge < -0.3 is 4.74 Å². The van der Waals surface area contributed by atoms with Crippen molar-refractivity contribution in [3.63, 3.8) is 0 Å². The molecular weight excluding hydrogens is 362 g/mol. The van der Waals surface area contributed by atoms with Gasteiger partial charge in [0.1, 0.15) is 17.8 Å². The molecule has 2 aromatic heterocycles. The Morgan fingerprint density at radius 3 is 2.39 bits per heavy atom. The fraction of sp³-hybridized carbons (Fsp3) is 0.381. The molecule has 5 nitrogen and oxygen atoms in total. The monoisotopic (exact) mass is 384 g/mol. The molecule has 7 heteroatoms. The minimum absolute atomic E-state index is 0.0169. The first-order valence-electron chi connectivity index (χ1n) is 9.50. The van der Waals surface area contributed by atoms with E-state index >= 15 is 0 Å². The fourth-order valence-corrected chi connectivity index (χ4v) is 3.76. The molecule has 0 unspecified atom stereocenters. The first-order valence-corrected chi connectivity index (χ1v) is 9.50. The van der Waals surface area contributed by atoms with Gasteiger partial charge in [0.2, 0.25) is 5.88 Å². The van der Waals surface area contributed by atoms with Crippen LogP contribution in [0.5, 0.6) is 5.88 Å². The number of benzene rings is 1. The van der Waals surface area contributed by atoms with Crippen molar-refractivity contribution in [3.05, 3.63) is 65.9 Å². The van der Waals surface area contributed by atoms with Crippen LogP contribution < -0.4 is 4.74 Å². The van der Waals surface area contributed by atoms with Crippen molar-refractivity contribution in [2.75, 3.05) is 0 Å². The molecule has 0 spiro atoms. The highest BCUT2D eigenvalue weighted by atomic mass is 19.3. The van der Waals surface area contributed by atoms with Gasteiger partial charge in [-0.15, -0.1) is 10.2 Å². The number of hydrogen-bond acceptors (Lipinski definition) is 4. The van der Waals surface area contributed by atoms with E-state index in [4.69, 9.17) is 4.74 Å². The molecule has 1 aliphatic carbocycles. The summed E-state index contributed by atoms with van der Waals surface area (Å²) in [6.45, 7) is 1.88. The zero-order chi connectivity index (χ0) is 19.5. The Hall–Kier alpha value is -2.83. The van der Waals surface area contributed by atoms with Gasteiger partial charge in [-0.05, 0) is 50.8 Å². The smallest absolute Gasteiger partial charge is 0.263 e. The van der Waals surface area contributed by atoms with Crippen molar-refractivity contribution >= 4 is 0 Å². The fourth-order valence-electron chi connectivity index (χ4n) is 3.76. The highest BCUT2D eigenvalue weighted by Gasteiger charge is 2.28. The molecule has 0 saturated heterocycles. The van der Waals surface area contributed by atoms with Crippen LogP contribution in [0.1, 0.15) is 55.2 Å². The molecule has 28 heavy (non-hydrogen) atoms. The number of pyridine rings is 1. The Morgan fingerprint density at radius 2 is 1.75 bits per heavy atom. The average Bonchev–Trinajstić information content (AvgIpc) is 3.11. The molecule has 146 valence electrons. The van der Waals surface area contributed by atoms with E-state index in [1.54, 1.807) is 18.3 Å². The van der Waals surface area contributed by atoms with Crippen LogP contribution >= 0.6 is 0 Å². The van der Waals surface area contributed by atoms with Gasteiger partial charge in [-0.1, -0.05) is 18.2 Å². The van der Waals surface area contributed by atoms with Crippen LogP contribution in [0.25, 0.3) is 5.69 Å². The van der Waals surface area contributed by atoms with Crippen LogP contribution in [0.3, 0.4) is 0 Å². The molecule has 2 heterocycles. The Morgan fingerprint density at radius 1 is 1.00 bits per heavy atom. The molecule has 0 radical (unpaired) electrons. The molecule has 1 aromatic carbocycles. The summed E-state index contributed by atoms with van der Waals surface area (Å²) in [6.07, 6.45) is 3.11. The predicted molar refractivity (Wildman–Crippen MR) is 101 cm³/mol. The van der Waals surface area contributed by atoms with Crippen LogP contribution in [0, 0.1) is 6.92 Å². The number of nitrogens with zero attached hydrogens (tertiary/aromatic N) is 4. The molecule has 0 N–H and O–H groups in total. The van der Waals surface area contributed by atoms with Gasteiger partial charge >= 0.3 is 0 Å². The number of rotatable bonds is 5. The van der Waals surface area contributed by atoms with Crippen LogP contribution in [-0.2, 0) is 0 Å². The lowest BCUT2D eigenvalue weighted by Gasteiger charge is -2.28. The van der Waals surface area contributed by atoms with Gasteiger partial charge in [0.15, 0.2) is 0 Å². The van der Waals surface area contributed by atoms with Gasteiger partial charge in [-0.3, -0.25) is 4.57 Å². The van der Waals surface area contributed by atoms with E-state index in [0.29, 0.717) is 5.88 Å². The Kier molecular flexibility index (Phi) is 5.32. The number of aryl methyl sites for hydroxylation is 1. The first kappa shape index (κ1) is 18.5. The van der Waals surface area contributed by atoms with Gasteiger partial charge in [0.25, 0.3) is 6.43 Å². The lowest BCUT2D eigenvalue weighted by molar-refractivity contribution is 0.139. The van der Waals surface area contributed by atoms with Crippen molar-refractivity contribution in [1.82, 2.24) is 19.7 Å². The van der Waals surface area contributed by atoms with Gasteiger partial charge in [0.05, 0.1) is 0 Å². The minimum Gasteiger partial charge on any atom is -0.474 e. The number of hydrogen-bond donors (Lipinski definition) is 0. The maximum Gasteiger partial charge on any atom is 0.263 e. The van der Waals surface area contributed by atoms with E-state index in [0.717, 1.165) is 43.0 Å². The summed E-state index contributed by atoms with van der Waals surface area (Å²) in [4.78, 5) is 4.22. The summed E-state index contributed by atoms with van der Waals surface area (Å²) in [7, 11) is 0. The highest BCUT2D eigenvalue weighted by Crippen LogP contribution is 2.35. The Bertz CT molecular complexity index is 904. The Balaban J connectivity index is 1.47. The van der Waals surface area contributed by atoms with Crippen molar-refractivity contribution < 1.29 is 13.5 Å². The maximum absolute atomic E-state index is 12.8. The minimum atomic E-state index is -2.47. The van der Waals surface area contributed by atoms with Crippen molar-refractivity contribution in [1.29, 1.82) is 0 Å². The summed E-state index contributed by atoms with van der Waals surface area (Å²) in [5.74, 6) is 2.56. The van der Waals surface area contributed by atoms with E-state index < -0.39 is 6.43 Å². The second-order valence-electron chi connectivity index (χ2n) is 7.09. The zero-order valence-corrected chi connectivity index (χ0v) is 15.6. The zero-order valence-electron chi connectivity index (χ0n) is 15.6. The summed E-state index contributed by atoms with van der Waals surface area (Å²) in [5.41, 5.74) is 0.831. The SMILES string of the molecule is Cc1nnc(C2CCC(Oc3ccccn3)CC2)n1-c1ccc(C(F)F)cc1. The highest BCUT2D eigenvalue weighted by molar-refractivity contribution is 5.37. The molecule has 4 rings (SSSR count). The topological polar surface area (TPSA) is 52.8 Å². The molecule has 1 aliphatic rings. The van der Waals surface area contributed by atoms with Gasteiger partial charge in [-0.25, -0.2) is 13.8 Å². The Labute approximate surface area is 162 Å². The lowest BCUT2D eigenvalue weighted by Crippen LogP contribution is -2.25. The van der Waals surface area contributed by atoms with E-state index in [2.05, 4.69) is 15.2 Å². The summed E-state index contributed by atoms with van der Waals surface area (Å²) < 4.78 is 33.6. The normalized spacial score (nSPS) is 19.7. The molecule has 3 aromatic rings. The maximum atomic E-state index is 12.8. The number of aromatic nitrogens is 4. The first-order chi connectivity index (χ1) is 13.6. The molecular formula is C21H22F2N4O. The summed E-state index contributed by atoms with van der Waals surface area (Å²) >= 11 is 0. The summed E-state index contributed by atoms with van der Waals surface area (Å²) in [5, 5.41) is 8.63. The van der Waals surface area contributed by atoms with Crippen LogP contribution in [-0.4, -0.2) is 25.9 Å². The van der Waals surface area contributed by atoms with Crippen molar-refractivity contribution in [3.8, 4) is 11.6 Å². The third-order valence-corrected chi connectivity index (χ3v) is 5.22. The number of alkyl halides is 2. The van der Waals surface area contributed by atoms with E-state index in [-0.39, 0.29) is 17.6 Å². The quantitative estimate of drug-likeness (QED) is 0.620. The predicted octanol–water partition coefficient (Wildman–Crippen LogP) is 5.01. The lowest BCUT2D eigenvalue weighted by atomic mass is 9.86. The number of ether oxygens (including phenoxy) is 1. The standard InChI is InChI=1S/C21H22F2N4O/c1-14-25-26-21(27(14)17-9-5-15(6-10-17)20(22)23)16-7-11-18(12-8-16)28-19-4-2-3-13-24-19/h2-6,9-10,13,16,18,20H,7-8,11-12H2,1H3. The van der Waals surface area contributed by atoms with Crippen LogP contribution in [0.15, 0.2) is 48.7 Å². The van der Waals surface area contributed by atoms with Gasteiger partial charge in [0, 0.05) is 29.4 Å². The average molecular weight is 384 g/mol. The van der Waals surface area contributed by atoms with Gasteiger partial charge in [-0.2, -0.15) is 0 Å². The van der Waals surface area contributed by atoms with E-state index in [1.165, 1.54) is 12.1 Å². The molecule has 1 fully saturated rings. The third-order valence-electron chi connectivity index (χ3n) is 5.22. The van der Waals surface area contributed by atoms with Crippen LogP contribution in [0.4, 0.5) is 8.78 Å². The summed E-state index contributed by atoms with van der Waals surface area (Å²) in [6, 6.07) is 12.0. The third kappa shape index (κ3) is 3.88. The molecule has 0 bridgehead atoms. The van der Waals surface area contributed by atoms with Crippen LogP contribution in [0.2, 0.25) is 0 Å².